The van der Waals surface area contributed by atoms with Gasteiger partial charge in [0.05, 0.1) is 5.69 Å². The molecule has 19 heavy (non-hydrogen) atoms. The summed E-state index contributed by atoms with van der Waals surface area (Å²) in [5, 5.41) is 0.707. The number of nitrogens with zero attached hydrogens (tertiary/aromatic N) is 1. The summed E-state index contributed by atoms with van der Waals surface area (Å²) in [6.45, 7) is 1.94. The molecule has 96 valence electrons. The third-order valence-electron chi connectivity index (χ3n) is 3.17. The van der Waals surface area contributed by atoms with Crippen molar-refractivity contribution in [3.8, 4) is 0 Å². The van der Waals surface area contributed by atoms with Crippen LogP contribution in [0.15, 0.2) is 47.0 Å². The van der Waals surface area contributed by atoms with E-state index in [-0.39, 0.29) is 11.4 Å². The molecule has 1 atom stereocenters. The van der Waals surface area contributed by atoms with Gasteiger partial charge in [-0.1, -0.05) is 18.2 Å². The van der Waals surface area contributed by atoms with Crippen LogP contribution < -0.4 is 5.73 Å². The van der Waals surface area contributed by atoms with E-state index in [2.05, 4.69) is 4.98 Å². The van der Waals surface area contributed by atoms with Crippen LogP contribution in [0.25, 0.3) is 11.0 Å². The first-order valence-electron chi connectivity index (χ1n) is 6.02. The van der Waals surface area contributed by atoms with Crippen LogP contribution in [0.4, 0.5) is 4.39 Å². The topological polar surface area (TPSA) is 52.0 Å². The van der Waals surface area contributed by atoms with Crippen LogP contribution in [0.2, 0.25) is 0 Å². The Labute approximate surface area is 109 Å². The molecule has 4 heteroatoms. The second-order valence-electron chi connectivity index (χ2n) is 4.49. The minimum absolute atomic E-state index is 0.238. The zero-order valence-electron chi connectivity index (χ0n) is 10.4. The lowest BCUT2D eigenvalue weighted by Crippen LogP contribution is -2.14. The number of aromatic nitrogens is 1. The molecule has 0 aliphatic carbocycles. The smallest absolute Gasteiger partial charge is 0.169 e. The number of pyridine rings is 1. The molecule has 3 nitrogen and oxygen atoms in total. The number of hydrogen-bond donors (Lipinski definition) is 1. The van der Waals surface area contributed by atoms with E-state index in [0.717, 1.165) is 11.3 Å². The number of nitrogens with two attached hydrogens (primary N) is 1. The second-order valence-corrected chi connectivity index (χ2v) is 4.49. The van der Waals surface area contributed by atoms with E-state index in [1.165, 1.54) is 6.07 Å². The van der Waals surface area contributed by atoms with Crippen LogP contribution >= 0.6 is 0 Å². The molecule has 0 amide bonds. The molecule has 1 unspecified atom stereocenters. The van der Waals surface area contributed by atoms with Gasteiger partial charge >= 0.3 is 0 Å². The Morgan fingerprint density at radius 1 is 1.26 bits per heavy atom. The van der Waals surface area contributed by atoms with Crippen molar-refractivity contribution >= 4 is 11.0 Å². The summed E-state index contributed by atoms with van der Waals surface area (Å²) in [4.78, 5) is 4.27. The molecule has 2 heterocycles. The van der Waals surface area contributed by atoms with E-state index in [1.54, 1.807) is 24.4 Å². The third kappa shape index (κ3) is 2.00. The molecule has 1 aromatic carbocycles. The fraction of sp³-hybridized carbons (Fsp3) is 0.133. The Morgan fingerprint density at radius 2 is 2.11 bits per heavy atom. The summed E-state index contributed by atoms with van der Waals surface area (Å²) >= 11 is 0. The fourth-order valence-electron chi connectivity index (χ4n) is 2.16. The maximum absolute atomic E-state index is 13.6. The predicted molar refractivity (Wildman–Crippen MR) is 71.2 cm³/mol. The van der Waals surface area contributed by atoms with E-state index in [0.29, 0.717) is 11.1 Å². The Balaban J connectivity index is 2.10. The van der Waals surface area contributed by atoms with E-state index in [9.17, 15) is 4.39 Å². The highest BCUT2D eigenvalue weighted by atomic mass is 19.1. The third-order valence-corrected chi connectivity index (χ3v) is 3.17. The van der Waals surface area contributed by atoms with Gasteiger partial charge in [-0.3, -0.25) is 4.98 Å². The van der Waals surface area contributed by atoms with Crippen molar-refractivity contribution in [1.29, 1.82) is 0 Å². The van der Waals surface area contributed by atoms with Crippen LogP contribution in [-0.2, 0) is 0 Å². The Morgan fingerprint density at radius 3 is 2.84 bits per heavy atom. The lowest BCUT2D eigenvalue weighted by molar-refractivity contribution is 0.498. The maximum Gasteiger partial charge on any atom is 0.169 e. The molecule has 0 spiro atoms. The van der Waals surface area contributed by atoms with E-state index >= 15 is 0 Å². The highest BCUT2D eigenvalue weighted by molar-refractivity contribution is 5.78. The first-order chi connectivity index (χ1) is 9.16. The zero-order valence-corrected chi connectivity index (χ0v) is 10.4. The van der Waals surface area contributed by atoms with Gasteiger partial charge in [-0.25, -0.2) is 4.39 Å². The van der Waals surface area contributed by atoms with Gasteiger partial charge in [0.25, 0.3) is 0 Å². The van der Waals surface area contributed by atoms with E-state index < -0.39 is 6.04 Å². The van der Waals surface area contributed by atoms with Crippen molar-refractivity contribution < 1.29 is 8.81 Å². The number of aryl methyl sites for hydroxylation is 1. The van der Waals surface area contributed by atoms with Gasteiger partial charge in [0.2, 0.25) is 0 Å². The number of halogens is 1. The van der Waals surface area contributed by atoms with Gasteiger partial charge < -0.3 is 10.2 Å². The van der Waals surface area contributed by atoms with Crippen molar-refractivity contribution in [2.45, 2.75) is 13.0 Å². The van der Waals surface area contributed by atoms with Gasteiger partial charge in [0.15, 0.2) is 11.4 Å². The Kier molecular flexibility index (Phi) is 2.80. The first kappa shape index (κ1) is 11.9. The van der Waals surface area contributed by atoms with Crippen molar-refractivity contribution in [1.82, 2.24) is 4.98 Å². The van der Waals surface area contributed by atoms with Crippen molar-refractivity contribution in [2.75, 3.05) is 0 Å². The highest BCUT2D eigenvalue weighted by Crippen LogP contribution is 2.28. The summed E-state index contributed by atoms with van der Waals surface area (Å²) in [6.07, 6.45) is 1.69. The maximum atomic E-state index is 13.6. The van der Waals surface area contributed by atoms with Gasteiger partial charge in [-0.2, -0.15) is 0 Å². The Hall–Kier alpha value is -2.20. The summed E-state index contributed by atoms with van der Waals surface area (Å²) in [5.41, 5.74) is 8.11. The highest BCUT2D eigenvalue weighted by Gasteiger charge is 2.18. The van der Waals surface area contributed by atoms with Gasteiger partial charge in [0.1, 0.15) is 11.8 Å². The number of para-hydroxylation sites is 1. The van der Waals surface area contributed by atoms with Crippen LogP contribution in [0.3, 0.4) is 0 Å². The lowest BCUT2D eigenvalue weighted by Gasteiger charge is -2.10. The van der Waals surface area contributed by atoms with Crippen molar-refractivity contribution in [3.63, 3.8) is 0 Å². The molecule has 2 aromatic heterocycles. The number of hydrogen-bond acceptors (Lipinski definition) is 3. The fourth-order valence-corrected chi connectivity index (χ4v) is 2.16. The minimum Gasteiger partial charge on any atom is -0.456 e. The molecule has 0 saturated carbocycles. The second kappa shape index (κ2) is 4.48. The zero-order chi connectivity index (χ0) is 13.4. The van der Waals surface area contributed by atoms with Gasteiger partial charge in [-0.05, 0) is 30.7 Å². The monoisotopic (exact) mass is 256 g/mol. The average molecular weight is 256 g/mol. The molecular formula is C15H13FN2O. The summed E-state index contributed by atoms with van der Waals surface area (Å²) < 4.78 is 19.1. The van der Waals surface area contributed by atoms with Crippen molar-refractivity contribution in [2.24, 2.45) is 5.73 Å². The number of fused-ring (bicyclic) bond motifs is 1. The standard InChI is InChI=1S/C15H13FN2O/c1-9-4-3-7-18-14(9)13(17)12-8-10-5-2-6-11(16)15(10)19-12/h2-8,13H,17H2,1H3. The summed E-state index contributed by atoms with van der Waals surface area (Å²) in [7, 11) is 0. The summed E-state index contributed by atoms with van der Waals surface area (Å²) in [5.74, 6) is 0.135. The number of rotatable bonds is 2. The molecule has 0 saturated heterocycles. The van der Waals surface area contributed by atoms with E-state index in [4.69, 9.17) is 10.2 Å². The Bertz CT molecular complexity index is 736. The minimum atomic E-state index is -0.493. The van der Waals surface area contributed by atoms with E-state index in [1.807, 2.05) is 19.1 Å². The molecular weight excluding hydrogens is 243 g/mol. The lowest BCUT2D eigenvalue weighted by atomic mass is 10.1. The average Bonchev–Trinajstić information content (AvgIpc) is 2.84. The molecule has 3 aromatic rings. The molecule has 0 bridgehead atoms. The van der Waals surface area contributed by atoms with Crippen LogP contribution in [-0.4, -0.2) is 4.98 Å². The molecule has 0 aliphatic heterocycles. The van der Waals surface area contributed by atoms with Gasteiger partial charge in [-0.15, -0.1) is 0 Å². The molecule has 3 rings (SSSR count). The quantitative estimate of drug-likeness (QED) is 0.765. The van der Waals surface area contributed by atoms with Crippen LogP contribution in [0.1, 0.15) is 23.1 Å². The van der Waals surface area contributed by atoms with Crippen LogP contribution in [0.5, 0.6) is 0 Å². The summed E-state index contributed by atoms with van der Waals surface area (Å²) in [6, 6.07) is 9.87. The van der Waals surface area contributed by atoms with Gasteiger partial charge in [0, 0.05) is 11.6 Å². The largest absolute Gasteiger partial charge is 0.456 e. The number of benzene rings is 1. The van der Waals surface area contributed by atoms with Crippen LogP contribution in [0, 0.1) is 12.7 Å². The predicted octanol–water partition coefficient (Wildman–Crippen LogP) is 3.32. The number of furan rings is 1. The molecule has 2 N–H and O–H groups in total. The first-order valence-corrected chi connectivity index (χ1v) is 6.02. The normalized spacial score (nSPS) is 12.8. The van der Waals surface area contributed by atoms with Crippen molar-refractivity contribution in [3.05, 3.63) is 65.4 Å². The molecule has 0 fully saturated rings. The molecule has 0 aliphatic rings. The SMILES string of the molecule is Cc1cccnc1C(N)c1cc2cccc(F)c2o1. The molecule has 0 radical (unpaired) electrons.